The molecule has 2 heterocycles. The molecule has 0 aliphatic carbocycles. The summed E-state index contributed by atoms with van der Waals surface area (Å²) in [6.07, 6.45) is 1.64. The smallest absolute Gasteiger partial charge is 0.338 e. The molecule has 1 amide bonds. The summed E-state index contributed by atoms with van der Waals surface area (Å²) < 4.78 is 9.26. The van der Waals surface area contributed by atoms with Crippen LogP contribution in [-0.2, 0) is 4.74 Å². The zero-order valence-electron chi connectivity index (χ0n) is 21.2. The fraction of sp³-hybridized carbons (Fsp3) is 0.207. The van der Waals surface area contributed by atoms with Crippen molar-refractivity contribution in [1.82, 2.24) is 14.6 Å². The summed E-state index contributed by atoms with van der Waals surface area (Å²) in [7, 11) is 0. The Morgan fingerprint density at radius 2 is 1.36 bits per heavy atom. The normalized spacial score (nSPS) is 11.1. The molecular formula is C29H30N4O3. The molecule has 0 saturated heterocycles. The van der Waals surface area contributed by atoms with E-state index in [1.807, 2.05) is 44.2 Å². The number of carbonyl (C=O) groups excluding carboxylic acids is 2. The summed E-state index contributed by atoms with van der Waals surface area (Å²) in [6.45, 7) is 10.2. The molecule has 0 unspecified atom stereocenters. The minimum Gasteiger partial charge on any atom is -0.462 e. The summed E-state index contributed by atoms with van der Waals surface area (Å²) >= 11 is 0. The Bertz CT molecular complexity index is 1410. The third-order valence-corrected chi connectivity index (χ3v) is 6.14. The highest BCUT2D eigenvalue weighted by Gasteiger charge is 2.12. The van der Waals surface area contributed by atoms with Crippen molar-refractivity contribution in [3.8, 4) is 11.4 Å². The van der Waals surface area contributed by atoms with Crippen LogP contribution in [0.3, 0.4) is 0 Å². The first-order valence-electron chi connectivity index (χ1n) is 11.9. The molecule has 7 heteroatoms. The van der Waals surface area contributed by atoms with Gasteiger partial charge in [-0.05, 0) is 101 Å². The van der Waals surface area contributed by atoms with Crippen LogP contribution in [0, 0.1) is 27.7 Å². The van der Waals surface area contributed by atoms with Crippen molar-refractivity contribution in [2.45, 2.75) is 34.6 Å². The van der Waals surface area contributed by atoms with Crippen molar-refractivity contribution >= 4 is 18.1 Å². The highest BCUT2D eigenvalue weighted by atomic mass is 16.5. The quantitative estimate of drug-likeness (QED) is 0.216. The van der Waals surface area contributed by atoms with E-state index in [2.05, 4.69) is 45.6 Å². The number of esters is 1. The number of hydrogen-bond acceptors (Lipinski definition) is 4. The molecule has 1 N–H and O–H groups in total. The van der Waals surface area contributed by atoms with E-state index in [1.165, 1.54) is 0 Å². The van der Waals surface area contributed by atoms with Crippen LogP contribution in [0.4, 0.5) is 0 Å². The number of ether oxygens (including phenoxy) is 1. The Morgan fingerprint density at radius 1 is 0.806 bits per heavy atom. The lowest BCUT2D eigenvalue weighted by atomic mass is 10.2. The van der Waals surface area contributed by atoms with E-state index in [-0.39, 0.29) is 11.9 Å². The lowest BCUT2D eigenvalue weighted by molar-refractivity contribution is 0.0526. The zero-order chi connectivity index (χ0) is 25.8. The van der Waals surface area contributed by atoms with Gasteiger partial charge in [0.15, 0.2) is 0 Å². The number of aryl methyl sites for hydroxylation is 3. The molecule has 36 heavy (non-hydrogen) atoms. The molecular weight excluding hydrogens is 452 g/mol. The summed E-state index contributed by atoms with van der Waals surface area (Å²) in [5.74, 6) is -0.611. The predicted octanol–water partition coefficient (Wildman–Crippen LogP) is 5.44. The van der Waals surface area contributed by atoms with Gasteiger partial charge in [-0.1, -0.05) is 0 Å². The summed E-state index contributed by atoms with van der Waals surface area (Å²) in [4.78, 5) is 24.5. The Kier molecular flexibility index (Phi) is 7.20. The van der Waals surface area contributed by atoms with E-state index in [0.717, 1.165) is 39.7 Å². The monoisotopic (exact) mass is 482 g/mol. The van der Waals surface area contributed by atoms with Crippen molar-refractivity contribution in [1.29, 1.82) is 0 Å². The fourth-order valence-electron chi connectivity index (χ4n) is 4.34. The van der Waals surface area contributed by atoms with E-state index in [0.29, 0.717) is 17.7 Å². The van der Waals surface area contributed by atoms with Gasteiger partial charge in [-0.15, -0.1) is 0 Å². The topological polar surface area (TPSA) is 77.6 Å². The van der Waals surface area contributed by atoms with Gasteiger partial charge in [0.2, 0.25) is 0 Å². The molecule has 2 aromatic carbocycles. The van der Waals surface area contributed by atoms with Gasteiger partial charge in [0.1, 0.15) is 0 Å². The molecule has 4 aromatic rings. The molecule has 4 rings (SSSR count). The van der Waals surface area contributed by atoms with Gasteiger partial charge in [-0.25, -0.2) is 10.2 Å². The van der Waals surface area contributed by atoms with E-state index >= 15 is 0 Å². The Morgan fingerprint density at radius 3 is 1.94 bits per heavy atom. The third kappa shape index (κ3) is 5.00. The van der Waals surface area contributed by atoms with Gasteiger partial charge >= 0.3 is 5.97 Å². The number of carbonyl (C=O) groups is 2. The van der Waals surface area contributed by atoms with E-state index in [9.17, 15) is 9.59 Å². The van der Waals surface area contributed by atoms with Gasteiger partial charge in [0, 0.05) is 45.3 Å². The predicted molar refractivity (Wildman–Crippen MR) is 142 cm³/mol. The number of aromatic nitrogens is 2. The number of benzene rings is 2. The van der Waals surface area contributed by atoms with Crippen molar-refractivity contribution in [3.63, 3.8) is 0 Å². The van der Waals surface area contributed by atoms with Gasteiger partial charge in [0.05, 0.1) is 18.4 Å². The van der Waals surface area contributed by atoms with Crippen LogP contribution in [0.2, 0.25) is 0 Å². The van der Waals surface area contributed by atoms with Gasteiger partial charge in [0.25, 0.3) is 5.91 Å². The van der Waals surface area contributed by atoms with E-state index in [1.54, 1.807) is 37.4 Å². The number of nitrogens with zero attached hydrogens (tertiary/aromatic N) is 3. The van der Waals surface area contributed by atoms with Crippen molar-refractivity contribution in [3.05, 3.63) is 106 Å². The Labute approximate surface area is 211 Å². The second-order valence-electron chi connectivity index (χ2n) is 8.63. The number of rotatable bonds is 7. The first kappa shape index (κ1) is 24.7. The second kappa shape index (κ2) is 10.5. The van der Waals surface area contributed by atoms with Crippen molar-refractivity contribution in [2.24, 2.45) is 5.10 Å². The number of hydrazone groups is 1. The average molecular weight is 483 g/mol. The highest BCUT2D eigenvalue weighted by molar-refractivity contribution is 5.95. The summed E-state index contributed by atoms with van der Waals surface area (Å²) in [6, 6.07) is 20.9. The highest BCUT2D eigenvalue weighted by Crippen LogP contribution is 2.21. The maximum Gasteiger partial charge on any atom is 0.338 e. The molecule has 0 fully saturated rings. The van der Waals surface area contributed by atoms with Gasteiger partial charge in [-0.3, -0.25) is 4.79 Å². The van der Waals surface area contributed by atoms with Crippen molar-refractivity contribution in [2.75, 3.05) is 6.61 Å². The molecule has 0 bridgehead atoms. The van der Waals surface area contributed by atoms with Crippen LogP contribution >= 0.6 is 0 Å². The number of hydrogen-bond donors (Lipinski definition) is 1. The molecule has 0 spiro atoms. The molecule has 0 saturated carbocycles. The average Bonchev–Trinajstić information content (AvgIpc) is 3.35. The van der Waals surface area contributed by atoms with Crippen LogP contribution in [0.1, 0.15) is 56.0 Å². The summed E-state index contributed by atoms with van der Waals surface area (Å²) in [5, 5.41) is 4.18. The molecule has 0 aliphatic heterocycles. The van der Waals surface area contributed by atoms with E-state index in [4.69, 9.17) is 4.74 Å². The molecule has 0 aliphatic rings. The minimum atomic E-state index is -0.335. The first-order chi connectivity index (χ1) is 17.3. The fourth-order valence-corrected chi connectivity index (χ4v) is 4.34. The van der Waals surface area contributed by atoms with Gasteiger partial charge < -0.3 is 13.9 Å². The van der Waals surface area contributed by atoms with Crippen LogP contribution in [-0.4, -0.2) is 33.8 Å². The van der Waals surface area contributed by atoms with E-state index < -0.39 is 0 Å². The molecule has 0 atom stereocenters. The molecule has 184 valence electrons. The summed E-state index contributed by atoms with van der Waals surface area (Å²) in [5.41, 5.74) is 10.7. The Hall–Kier alpha value is -4.39. The van der Waals surface area contributed by atoms with Crippen LogP contribution in [0.5, 0.6) is 0 Å². The van der Waals surface area contributed by atoms with Crippen LogP contribution in [0.25, 0.3) is 11.4 Å². The molecule has 2 aromatic heterocycles. The largest absolute Gasteiger partial charge is 0.462 e. The first-order valence-corrected chi connectivity index (χ1v) is 11.9. The lowest BCUT2D eigenvalue weighted by Gasteiger charge is -2.10. The zero-order valence-corrected chi connectivity index (χ0v) is 21.2. The van der Waals surface area contributed by atoms with Crippen molar-refractivity contribution < 1.29 is 14.3 Å². The standard InChI is InChI=1S/C29H30N4O3/c1-6-36-29(35)24-11-15-27(16-12-24)33-21(4)17-25(22(33)5)18-30-31-28(34)23-9-13-26(14-10-23)32-19(2)7-8-20(32)3/h7-18H,6H2,1-5H3,(H,31,34)/b30-18-. The minimum absolute atomic E-state index is 0.276. The van der Waals surface area contributed by atoms with Gasteiger partial charge in [-0.2, -0.15) is 5.10 Å². The molecule has 0 radical (unpaired) electrons. The SMILES string of the molecule is CCOC(=O)c1ccc(-n2c(C)cc(/C=N\NC(=O)c3ccc(-n4c(C)ccc4C)cc3)c2C)cc1. The molecule has 7 nitrogen and oxygen atoms in total. The van der Waals surface area contributed by atoms with Crippen LogP contribution < -0.4 is 5.43 Å². The Balaban J connectivity index is 1.45. The third-order valence-electron chi connectivity index (χ3n) is 6.14. The number of nitrogens with one attached hydrogen (secondary N) is 1. The van der Waals surface area contributed by atoms with Crippen LogP contribution in [0.15, 0.2) is 71.8 Å². The lowest BCUT2D eigenvalue weighted by Crippen LogP contribution is -2.17. The maximum absolute atomic E-state index is 12.6. The number of amides is 1. The maximum atomic E-state index is 12.6. The second-order valence-corrected chi connectivity index (χ2v) is 8.63.